The molecule has 0 unspecified atom stereocenters. The van der Waals surface area contributed by atoms with Gasteiger partial charge in [0.15, 0.2) is 0 Å². The number of thiol groups is 1. The maximum atomic E-state index is 4.77. The van der Waals surface area contributed by atoms with Crippen LogP contribution >= 0.6 is 12.6 Å². The quantitative estimate of drug-likeness (QED) is 0.472. The molecule has 0 aromatic carbocycles. The van der Waals surface area contributed by atoms with E-state index >= 15 is 0 Å². The Morgan fingerprint density at radius 3 is 2.10 bits per heavy atom. The Kier molecular flexibility index (Phi) is 9.36. The summed E-state index contributed by atoms with van der Waals surface area (Å²) in [7, 11) is 0. The molecule has 0 atom stereocenters. The van der Waals surface area contributed by atoms with Crippen molar-refractivity contribution in [3.05, 3.63) is 0 Å². The van der Waals surface area contributed by atoms with Crippen LogP contribution in [0.25, 0.3) is 0 Å². The smallest absolute Gasteiger partial charge is 0.00954 e. The van der Waals surface area contributed by atoms with E-state index in [4.69, 9.17) is 12.6 Å². The van der Waals surface area contributed by atoms with Crippen molar-refractivity contribution < 1.29 is 0 Å². The van der Waals surface area contributed by atoms with Gasteiger partial charge in [0.25, 0.3) is 0 Å². The first-order valence-electron chi connectivity index (χ1n) is 9.41. The molecular weight excluding hydrogens is 274 g/mol. The van der Waals surface area contributed by atoms with Crippen LogP contribution in [0.4, 0.5) is 0 Å². The summed E-state index contributed by atoms with van der Waals surface area (Å²) < 4.78 is 0. The minimum absolute atomic E-state index is 0.451. The molecule has 1 aliphatic rings. The van der Waals surface area contributed by atoms with Gasteiger partial charge in [0, 0.05) is 12.6 Å². The summed E-state index contributed by atoms with van der Waals surface area (Å²) in [6, 6.07) is 0.858. The molecule has 1 aliphatic carbocycles. The van der Waals surface area contributed by atoms with Gasteiger partial charge in [-0.05, 0) is 55.7 Å². The highest BCUT2D eigenvalue weighted by molar-refractivity contribution is 7.80. The molecule has 21 heavy (non-hydrogen) atoms. The van der Waals surface area contributed by atoms with E-state index < -0.39 is 0 Å². The molecule has 0 aliphatic heterocycles. The van der Waals surface area contributed by atoms with E-state index in [2.05, 4.69) is 32.6 Å². The summed E-state index contributed by atoms with van der Waals surface area (Å²) >= 11 is 4.77. The summed E-state index contributed by atoms with van der Waals surface area (Å²) in [5, 5.41) is 0. The standard InChI is InChI=1S/C19H39NS/c1-5-12-19(16-21,13-6-2)15-20(14-11-17(3)4)18-9-7-8-10-18/h17-18,21H,5-16H2,1-4H3. The fourth-order valence-electron chi connectivity index (χ4n) is 4.07. The normalized spacial score (nSPS) is 17.3. The molecular formula is C19H39NS. The summed E-state index contributed by atoms with van der Waals surface area (Å²) in [5.74, 6) is 1.87. The average Bonchev–Trinajstić information content (AvgIpc) is 2.97. The van der Waals surface area contributed by atoms with E-state index in [1.54, 1.807) is 0 Å². The lowest BCUT2D eigenvalue weighted by molar-refractivity contribution is 0.103. The first-order valence-corrected chi connectivity index (χ1v) is 10.0. The van der Waals surface area contributed by atoms with Crippen LogP contribution in [0.1, 0.15) is 85.5 Å². The molecule has 2 heteroatoms. The summed E-state index contributed by atoms with van der Waals surface area (Å²) in [5.41, 5.74) is 0.451. The third-order valence-electron chi connectivity index (χ3n) is 5.27. The Morgan fingerprint density at radius 2 is 1.67 bits per heavy atom. The number of hydrogen-bond acceptors (Lipinski definition) is 2. The van der Waals surface area contributed by atoms with Gasteiger partial charge in [-0.1, -0.05) is 53.4 Å². The molecule has 0 spiro atoms. The van der Waals surface area contributed by atoms with Gasteiger partial charge in [-0.15, -0.1) is 0 Å². The van der Waals surface area contributed by atoms with Crippen molar-refractivity contribution in [3.63, 3.8) is 0 Å². The Balaban J connectivity index is 2.73. The van der Waals surface area contributed by atoms with Crippen molar-refractivity contribution in [2.24, 2.45) is 11.3 Å². The van der Waals surface area contributed by atoms with Crippen LogP contribution in [-0.2, 0) is 0 Å². The number of rotatable bonds is 11. The molecule has 1 saturated carbocycles. The molecule has 0 radical (unpaired) electrons. The van der Waals surface area contributed by atoms with Gasteiger partial charge in [0.2, 0.25) is 0 Å². The lowest BCUT2D eigenvalue weighted by atomic mass is 9.80. The Hall–Kier alpha value is 0.310. The Bertz CT molecular complexity index is 252. The van der Waals surface area contributed by atoms with Crippen molar-refractivity contribution in [2.45, 2.75) is 91.5 Å². The lowest BCUT2D eigenvalue weighted by Gasteiger charge is -2.40. The van der Waals surface area contributed by atoms with Crippen molar-refractivity contribution >= 4 is 12.6 Å². The molecule has 1 nitrogen and oxygen atoms in total. The predicted molar refractivity (Wildman–Crippen MR) is 99.4 cm³/mol. The topological polar surface area (TPSA) is 3.24 Å². The zero-order valence-corrected chi connectivity index (χ0v) is 15.9. The van der Waals surface area contributed by atoms with Crippen LogP contribution in [0.3, 0.4) is 0 Å². The fraction of sp³-hybridized carbons (Fsp3) is 1.00. The van der Waals surface area contributed by atoms with Gasteiger partial charge in [-0.25, -0.2) is 0 Å². The van der Waals surface area contributed by atoms with Gasteiger partial charge >= 0.3 is 0 Å². The summed E-state index contributed by atoms with van der Waals surface area (Å²) in [6.07, 6.45) is 12.4. The highest BCUT2D eigenvalue weighted by Gasteiger charge is 2.32. The Labute approximate surface area is 139 Å². The molecule has 0 heterocycles. The minimum Gasteiger partial charge on any atom is -0.300 e. The van der Waals surface area contributed by atoms with Crippen LogP contribution in [-0.4, -0.2) is 29.8 Å². The minimum atomic E-state index is 0.451. The monoisotopic (exact) mass is 313 g/mol. The van der Waals surface area contributed by atoms with Crippen LogP contribution < -0.4 is 0 Å². The highest BCUT2D eigenvalue weighted by atomic mass is 32.1. The zero-order valence-electron chi connectivity index (χ0n) is 15.0. The van der Waals surface area contributed by atoms with E-state index in [0.717, 1.165) is 17.7 Å². The summed E-state index contributed by atoms with van der Waals surface area (Å²) in [6.45, 7) is 12.0. The van der Waals surface area contributed by atoms with Crippen LogP contribution in [0.15, 0.2) is 0 Å². The largest absolute Gasteiger partial charge is 0.300 e. The van der Waals surface area contributed by atoms with E-state index in [1.165, 1.54) is 70.9 Å². The van der Waals surface area contributed by atoms with E-state index in [1.807, 2.05) is 0 Å². The van der Waals surface area contributed by atoms with Gasteiger partial charge in [0.1, 0.15) is 0 Å². The maximum absolute atomic E-state index is 4.77. The zero-order chi connectivity index (χ0) is 15.7. The van der Waals surface area contributed by atoms with Gasteiger partial charge in [0.05, 0.1) is 0 Å². The van der Waals surface area contributed by atoms with Crippen LogP contribution in [0, 0.1) is 11.3 Å². The highest BCUT2D eigenvalue weighted by Crippen LogP contribution is 2.35. The van der Waals surface area contributed by atoms with Gasteiger partial charge < -0.3 is 0 Å². The second-order valence-electron chi connectivity index (χ2n) is 7.75. The second-order valence-corrected chi connectivity index (χ2v) is 8.07. The number of hydrogen-bond donors (Lipinski definition) is 1. The first kappa shape index (κ1) is 19.4. The van der Waals surface area contributed by atoms with E-state index in [9.17, 15) is 0 Å². The average molecular weight is 314 g/mol. The third-order valence-corrected chi connectivity index (χ3v) is 5.94. The van der Waals surface area contributed by atoms with Crippen LogP contribution in [0.5, 0.6) is 0 Å². The molecule has 0 saturated heterocycles. The molecule has 0 amide bonds. The van der Waals surface area contributed by atoms with Crippen molar-refractivity contribution in [1.82, 2.24) is 4.90 Å². The molecule has 0 bridgehead atoms. The molecule has 126 valence electrons. The van der Waals surface area contributed by atoms with Crippen LogP contribution in [0.2, 0.25) is 0 Å². The molecule has 0 aromatic heterocycles. The SMILES string of the molecule is CCCC(CS)(CCC)CN(CCC(C)C)C1CCCC1. The third kappa shape index (κ3) is 6.52. The summed E-state index contributed by atoms with van der Waals surface area (Å²) in [4.78, 5) is 2.86. The number of nitrogens with zero attached hydrogens (tertiary/aromatic N) is 1. The van der Waals surface area contributed by atoms with E-state index in [0.29, 0.717) is 5.41 Å². The molecule has 1 fully saturated rings. The van der Waals surface area contributed by atoms with Gasteiger partial charge in [-0.2, -0.15) is 12.6 Å². The molecule has 1 rings (SSSR count). The first-order chi connectivity index (χ1) is 10.1. The second kappa shape index (κ2) is 10.2. The lowest BCUT2D eigenvalue weighted by Crippen LogP contribution is -2.44. The Morgan fingerprint density at radius 1 is 1.10 bits per heavy atom. The van der Waals surface area contributed by atoms with Crippen molar-refractivity contribution in [2.75, 3.05) is 18.8 Å². The maximum Gasteiger partial charge on any atom is 0.00954 e. The predicted octanol–water partition coefficient (Wildman–Crippen LogP) is 5.79. The van der Waals surface area contributed by atoms with E-state index in [-0.39, 0.29) is 0 Å². The molecule has 0 N–H and O–H groups in total. The fourth-order valence-corrected chi connectivity index (χ4v) is 4.48. The van der Waals surface area contributed by atoms with Gasteiger partial charge in [-0.3, -0.25) is 4.90 Å². The molecule has 0 aromatic rings. The van der Waals surface area contributed by atoms with Crippen molar-refractivity contribution in [3.8, 4) is 0 Å². The van der Waals surface area contributed by atoms with Crippen molar-refractivity contribution in [1.29, 1.82) is 0 Å².